The molecule has 0 radical (unpaired) electrons. The molecule has 0 amide bonds. The van der Waals surface area contributed by atoms with Crippen molar-refractivity contribution in [3.8, 4) is 11.5 Å². The fraction of sp³-hybridized carbons (Fsp3) is 0.533. The molecule has 1 aliphatic heterocycles. The van der Waals surface area contributed by atoms with Gasteiger partial charge in [0.25, 0.3) is 0 Å². The highest BCUT2D eigenvalue weighted by atomic mass is 127. The molecule has 1 aliphatic rings. The van der Waals surface area contributed by atoms with Gasteiger partial charge in [0, 0.05) is 24.3 Å². The number of guanidine groups is 1. The van der Waals surface area contributed by atoms with E-state index < -0.39 is 10.0 Å². The summed E-state index contributed by atoms with van der Waals surface area (Å²) in [6.45, 7) is 0.876. The SMILES string of the molecule is COc1ccc(NC(N)=NC[C@H]2CCCN2S(C)(=O)=O)cc1OC.I. The van der Waals surface area contributed by atoms with Gasteiger partial charge in [0.2, 0.25) is 10.0 Å². The van der Waals surface area contributed by atoms with Crippen molar-refractivity contribution in [3.63, 3.8) is 0 Å². The second-order valence-corrected chi connectivity index (χ2v) is 7.53. The Kier molecular flexibility index (Phi) is 8.22. The van der Waals surface area contributed by atoms with Crippen molar-refractivity contribution in [1.82, 2.24) is 4.31 Å². The number of nitrogens with two attached hydrogens (primary N) is 1. The van der Waals surface area contributed by atoms with Crippen LogP contribution in [0.5, 0.6) is 11.5 Å². The van der Waals surface area contributed by atoms with Crippen molar-refractivity contribution in [1.29, 1.82) is 0 Å². The smallest absolute Gasteiger partial charge is 0.211 e. The second kappa shape index (κ2) is 9.43. The van der Waals surface area contributed by atoms with Crippen molar-refractivity contribution in [2.24, 2.45) is 10.7 Å². The number of nitrogens with zero attached hydrogens (tertiary/aromatic N) is 2. The Morgan fingerprint density at radius 1 is 1.36 bits per heavy atom. The highest BCUT2D eigenvalue weighted by molar-refractivity contribution is 14.0. The van der Waals surface area contributed by atoms with Gasteiger partial charge in [0.1, 0.15) is 0 Å². The molecule has 1 saturated heterocycles. The maximum Gasteiger partial charge on any atom is 0.211 e. The number of benzene rings is 1. The average Bonchev–Trinajstić information content (AvgIpc) is 3.01. The van der Waals surface area contributed by atoms with E-state index >= 15 is 0 Å². The Morgan fingerprint density at radius 2 is 2.04 bits per heavy atom. The van der Waals surface area contributed by atoms with Gasteiger partial charge in [-0.2, -0.15) is 4.31 Å². The van der Waals surface area contributed by atoms with Gasteiger partial charge in [0.15, 0.2) is 17.5 Å². The third kappa shape index (κ3) is 5.89. The Bertz CT molecular complexity index is 711. The molecular formula is C15H25IN4O4S. The third-order valence-corrected chi connectivity index (χ3v) is 5.21. The van der Waals surface area contributed by atoms with Crippen LogP contribution in [0.4, 0.5) is 5.69 Å². The molecule has 1 aromatic rings. The number of methoxy groups -OCH3 is 2. The van der Waals surface area contributed by atoms with Crippen LogP contribution in [-0.4, -0.2) is 58.3 Å². The van der Waals surface area contributed by atoms with Gasteiger partial charge in [0.05, 0.1) is 27.0 Å². The van der Waals surface area contributed by atoms with Crippen LogP contribution in [0.2, 0.25) is 0 Å². The molecule has 10 heteroatoms. The Hall–Kier alpha value is -1.27. The van der Waals surface area contributed by atoms with E-state index in [0.717, 1.165) is 12.8 Å². The normalized spacial score (nSPS) is 18.5. The van der Waals surface area contributed by atoms with Crippen LogP contribution in [0.3, 0.4) is 0 Å². The molecule has 25 heavy (non-hydrogen) atoms. The lowest BCUT2D eigenvalue weighted by molar-refractivity contribution is 0.355. The van der Waals surface area contributed by atoms with Crippen LogP contribution < -0.4 is 20.5 Å². The van der Waals surface area contributed by atoms with Gasteiger partial charge in [-0.1, -0.05) is 0 Å². The summed E-state index contributed by atoms with van der Waals surface area (Å²) in [5, 5.41) is 2.97. The summed E-state index contributed by atoms with van der Waals surface area (Å²) < 4.78 is 35.3. The molecule has 0 unspecified atom stereocenters. The molecule has 0 aromatic heterocycles. The van der Waals surface area contributed by atoms with Gasteiger partial charge in [-0.3, -0.25) is 4.99 Å². The maximum absolute atomic E-state index is 11.7. The van der Waals surface area contributed by atoms with E-state index in [1.54, 1.807) is 32.4 Å². The molecule has 1 atom stereocenters. The number of hydrogen-bond donors (Lipinski definition) is 2. The van der Waals surface area contributed by atoms with Crippen LogP contribution in [0.1, 0.15) is 12.8 Å². The van der Waals surface area contributed by atoms with E-state index in [2.05, 4.69) is 10.3 Å². The molecule has 0 saturated carbocycles. The van der Waals surface area contributed by atoms with Crippen molar-refractivity contribution < 1.29 is 17.9 Å². The van der Waals surface area contributed by atoms with Gasteiger partial charge >= 0.3 is 0 Å². The van der Waals surface area contributed by atoms with Gasteiger partial charge in [-0.15, -0.1) is 24.0 Å². The van der Waals surface area contributed by atoms with E-state index in [4.69, 9.17) is 15.2 Å². The Balaban J connectivity index is 0.00000312. The Labute approximate surface area is 165 Å². The first-order valence-electron chi connectivity index (χ1n) is 7.61. The zero-order valence-corrected chi connectivity index (χ0v) is 17.7. The standard InChI is InChI=1S/C15H24N4O4S.HI/c1-22-13-7-6-11(9-14(13)23-2)18-15(16)17-10-12-5-4-8-19(12)24(3,20)21;/h6-7,9,12H,4-5,8,10H2,1-3H3,(H3,16,17,18);1H/t12-;/m1./s1. The first-order chi connectivity index (χ1) is 11.3. The minimum absolute atomic E-state index is 0. The lowest BCUT2D eigenvalue weighted by Crippen LogP contribution is -2.37. The van der Waals surface area contributed by atoms with Gasteiger partial charge in [-0.05, 0) is 25.0 Å². The van der Waals surface area contributed by atoms with Crippen LogP contribution in [0.15, 0.2) is 23.2 Å². The van der Waals surface area contributed by atoms with Crippen molar-refractivity contribution in [3.05, 3.63) is 18.2 Å². The van der Waals surface area contributed by atoms with Crippen molar-refractivity contribution in [2.75, 3.05) is 38.9 Å². The minimum atomic E-state index is -3.20. The van der Waals surface area contributed by atoms with Gasteiger partial charge < -0.3 is 20.5 Å². The molecule has 1 heterocycles. The molecule has 0 spiro atoms. The highest BCUT2D eigenvalue weighted by Gasteiger charge is 2.30. The van der Waals surface area contributed by atoms with E-state index in [1.807, 2.05) is 0 Å². The van der Waals surface area contributed by atoms with E-state index in [-0.39, 0.29) is 36.0 Å². The quantitative estimate of drug-likeness (QED) is 0.360. The molecule has 0 aliphatic carbocycles. The highest BCUT2D eigenvalue weighted by Crippen LogP contribution is 2.29. The summed E-state index contributed by atoms with van der Waals surface area (Å²) in [6, 6.07) is 5.17. The first-order valence-corrected chi connectivity index (χ1v) is 9.45. The fourth-order valence-electron chi connectivity index (χ4n) is 2.73. The number of halogens is 1. The molecule has 142 valence electrons. The number of anilines is 1. The Morgan fingerprint density at radius 3 is 2.64 bits per heavy atom. The van der Waals surface area contributed by atoms with Crippen molar-refractivity contribution >= 4 is 45.6 Å². The maximum atomic E-state index is 11.7. The monoisotopic (exact) mass is 484 g/mol. The van der Waals surface area contributed by atoms with Crippen LogP contribution in [-0.2, 0) is 10.0 Å². The van der Waals surface area contributed by atoms with Crippen LogP contribution >= 0.6 is 24.0 Å². The largest absolute Gasteiger partial charge is 0.493 e. The number of nitrogens with one attached hydrogen (secondary N) is 1. The summed E-state index contributed by atoms with van der Waals surface area (Å²) in [5.41, 5.74) is 6.61. The third-order valence-electron chi connectivity index (χ3n) is 3.88. The molecule has 2 rings (SSSR count). The number of sulfonamides is 1. The molecule has 8 nitrogen and oxygen atoms in total. The average molecular weight is 484 g/mol. The number of rotatable bonds is 6. The number of ether oxygens (including phenoxy) is 2. The zero-order valence-electron chi connectivity index (χ0n) is 14.6. The molecule has 0 bridgehead atoms. The lowest BCUT2D eigenvalue weighted by atomic mass is 10.2. The van der Waals surface area contributed by atoms with E-state index in [0.29, 0.717) is 30.3 Å². The topological polar surface area (TPSA) is 106 Å². The molecular weight excluding hydrogens is 459 g/mol. The summed E-state index contributed by atoms with van der Waals surface area (Å²) in [6.07, 6.45) is 2.86. The van der Waals surface area contributed by atoms with E-state index in [9.17, 15) is 8.42 Å². The fourth-order valence-corrected chi connectivity index (χ4v) is 3.91. The molecule has 3 N–H and O–H groups in total. The van der Waals surface area contributed by atoms with Crippen LogP contribution in [0.25, 0.3) is 0 Å². The molecule has 1 aromatic carbocycles. The predicted octanol–water partition coefficient (Wildman–Crippen LogP) is 1.47. The minimum Gasteiger partial charge on any atom is -0.493 e. The van der Waals surface area contributed by atoms with E-state index in [1.165, 1.54) is 10.6 Å². The summed E-state index contributed by atoms with van der Waals surface area (Å²) >= 11 is 0. The second-order valence-electron chi connectivity index (χ2n) is 5.59. The molecule has 1 fully saturated rings. The number of aliphatic imine (C=N–C) groups is 1. The summed E-state index contributed by atoms with van der Waals surface area (Å²) in [7, 11) is -0.0829. The lowest BCUT2D eigenvalue weighted by Gasteiger charge is -2.20. The van der Waals surface area contributed by atoms with Gasteiger partial charge in [-0.25, -0.2) is 8.42 Å². The van der Waals surface area contributed by atoms with Crippen molar-refractivity contribution in [2.45, 2.75) is 18.9 Å². The zero-order chi connectivity index (χ0) is 17.7. The number of hydrogen-bond acceptors (Lipinski definition) is 5. The first kappa shape index (κ1) is 21.8. The van der Waals surface area contributed by atoms with Crippen LogP contribution in [0, 0.1) is 0 Å². The summed E-state index contributed by atoms with van der Waals surface area (Å²) in [4.78, 5) is 4.27. The summed E-state index contributed by atoms with van der Waals surface area (Å²) in [5.74, 6) is 1.42. The predicted molar refractivity (Wildman–Crippen MR) is 110 cm³/mol.